The largest absolute Gasteiger partial charge is 0.137 e. The fourth-order valence-electron chi connectivity index (χ4n) is 4.99. The molecule has 0 aliphatic heterocycles. The van der Waals surface area contributed by atoms with Crippen molar-refractivity contribution in [2.45, 2.75) is 43.3 Å². The summed E-state index contributed by atoms with van der Waals surface area (Å²) in [5, 5.41) is 1.62. The van der Waals surface area contributed by atoms with E-state index in [4.69, 9.17) is 23.2 Å². The second kappa shape index (κ2) is 18.5. The molecule has 0 heterocycles. The number of halogens is 2. The molecule has 2 aromatic carbocycles. The molecule has 0 saturated carbocycles. The summed E-state index contributed by atoms with van der Waals surface area (Å²) in [6, 6.07) is 9.08. The van der Waals surface area contributed by atoms with Crippen LogP contribution in [0.5, 0.6) is 0 Å². The number of allylic oxidation sites excluding steroid dienone is 1. The zero-order valence-electron chi connectivity index (χ0n) is 26.4. The van der Waals surface area contributed by atoms with Gasteiger partial charge >= 0.3 is 0 Å². The number of hydrogen-bond acceptors (Lipinski definition) is 9. The van der Waals surface area contributed by atoms with Crippen molar-refractivity contribution in [3.05, 3.63) is 73.8 Å². The second-order valence-electron chi connectivity index (χ2n) is 9.40. The number of unbranched alkanes of at least 4 members (excludes halogenated alkanes) is 1. The molecule has 11 heteroatoms. The molecule has 42 heavy (non-hydrogen) atoms. The molecule has 0 aliphatic carbocycles. The quantitative estimate of drug-likeness (QED) is 0.113. The van der Waals surface area contributed by atoms with Crippen molar-refractivity contribution in [1.29, 1.82) is 0 Å². The normalized spacial score (nSPS) is 12.6. The van der Waals surface area contributed by atoms with Crippen molar-refractivity contribution in [3.63, 3.8) is 0 Å². The Morgan fingerprint density at radius 1 is 0.595 bits per heavy atom. The van der Waals surface area contributed by atoms with Gasteiger partial charge in [-0.3, -0.25) is 0 Å². The molecular weight excluding hydrogens is 732 g/mol. The number of benzene rings is 2. The zero-order valence-corrected chi connectivity index (χ0v) is 35.3. The van der Waals surface area contributed by atoms with Gasteiger partial charge in [-0.25, -0.2) is 0 Å². The van der Waals surface area contributed by atoms with E-state index in [-0.39, 0.29) is 10.2 Å². The van der Waals surface area contributed by atoms with E-state index < -0.39 is 0 Å². The van der Waals surface area contributed by atoms with Crippen LogP contribution in [0.15, 0.2) is 30.3 Å². The van der Waals surface area contributed by atoms with Crippen LogP contribution in [0, 0.1) is 13.8 Å². The molecule has 0 bridgehead atoms. The summed E-state index contributed by atoms with van der Waals surface area (Å²) in [6.07, 6.45) is 25.5. The van der Waals surface area contributed by atoms with Gasteiger partial charge in [0.05, 0.1) is 0 Å². The van der Waals surface area contributed by atoms with E-state index in [9.17, 15) is 0 Å². The van der Waals surface area contributed by atoms with Gasteiger partial charge in [0.15, 0.2) is 0 Å². The average molecular weight is 776 g/mol. The second-order valence-corrected chi connectivity index (χ2v) is 22.0. The molecule has 236 valence electrons. The number of rotatable bonds is 17. The first-order valence-corrected chi connectivity index (χ1v) is 25.0. The number of hydrogen-bond donors (Lipinski definition) is 0. The van der Waals surface area contributed by atoms with Crippen LogP contribution in [0.2, 0.25) is 10.0 Å². The van der Waals surface area contributed by atoms with Crippen LogP contribution in [-0.4, -0.2) is 59.7 Å². The van der Waals surface area contributed by atoms with Crippen molar-refractivity contribution in [2.75, 3.05) is 56.3 Å². The van der Waals surface area contributed by atoms with Gasteiger partial charge in [-0.15, -0.1) is 106 Å². The maximum Gasteiger partial charge on any atom is 0.132 e. The Balaban J connectivity index is 2.84. The van der Waals surface area contributed by atoms with E-state index in [0.29, 0.717) is 0 Å². The van der Waals surface area contributed by atoms with Gasteiger partial charge in [0.2, 0.25) is 0 Å². The highest BCUT2D eigenvalue weighted by Gasteiger charge is 2.34. The van der Waals surface area contributed by atoms with E-state index in [0.717, 1.165) is 51.6 Å². The van der Waals surface area contributed by atoms with E-state index >= 15 is 0 Å². The van der Waals surface area contributed by atoms with Crippen molar-refractivity contribution in [2.24, 2.45) is 0 Å². The fourth-order valence-corrected chi connectivity index (χ4v) is 15.1. The van der Waals surface area contributed by atoms with Gasteiger partial charge < -0.3 is 0 Å². The third-order valence-electron chi connectivity index (χ3n) is 7.55. The summed E-state index contributed by atoms with van der Waals surface area (Å²) >= 11 is 31.2. The number of thioether (sulfide) groups is 9. The maximum absolute atomic E-state index is 7.03. The lowest BCUT2D eigenvalue weighted by atomic mass is 9.91. The average Bonchev–Trinajstić information content (AvgIpc) is 3.01. The summed E-state index contributed by atoms with van der Waals surface area (Å²) in [7, 11) is 0. The summed E-state index contributed by atoms with van der Waals surface area (Å²) in [4.78, 5) is 0. The lowest BCUT2D eigenvalue weighted by Gasteiger charge is -2.32. The maximum atomic E-state index is 7.03. The van der Waals surface area contributed by atoms with Crippen LogP contribution in [-0.2, 0) is 6.82 Å². The van der Waals surface area contributed by atoms with E-state index in [1.54, 1.807) is 0 Å². The molecular formula is C31H44Cl2S9. The van der Waals surface area contributed by atoms with Gasteiger partial charge in [-0.2, -0.15) is 0 Å². The molecule has 0 unspecified atom stereocenters. The van der Waals surface area contributed by atoms with E-state index in [1.807, 2.05) is 106 Å². The first kappa shape index (κ1) is 40.1. The van der Waals surface area contributed by atoms with Gasteiger partial charge in [-0.05, 0) is 153 Å². The summed E-state index contributed by atoms with van der Waals surface area (Å²) in [5.74, 6) is 0. The van der Waals surface area contributed by atoms with Crippen LogP contribution in [0.3, 0.4) is 0 Å². The monoisotopic (exact) mass is 774 g/mol. The topological polar surface area (TPSA) is 0 Å². The van der Waals surface area contributed by atoms with E-state index in [2.05, 4.69) is 100 Å². The third-order valence-corrected chi connectivity index (χ3v) is 24.4. The zero-order chi connectivity index (χ0) is 31.7. The molecule has 0 spiro atoms. The van der Waals surface area contributed by atoms with Crippen molar-refractivity contribution < 1.29 is 0 Å². The Labute approximate surface area is 304 Å². The molecule has 0 amide bonds. The Hall–Kier alpha value is 1.91. The van der Waals surface area contributed by atoms with Crippen molar-refractivity contribution in [1.82, 2.24) is 0 Å². The molecule has 2 aromatic rings. The highest BCUT2D eigenvalue weighted by Crippen LogP contribution is 2.56. The molecule has 0 radical (unpaired) electrons. The Bertz CT molecular complexity index is 1100. The van der Waals surface area contributed by atoms with Crippen molar-refractivity contribution in [3.8, 4) is 0 Å². The highest BCUT2D eigenvalue weighted by atomic mass is 35.5. The Morgan fingerprint density at radius 2 is 0.952 bits per heavy atom. The van der Waals surface area contributed by atoms with Gasteiger partial charge in [0.1, 0.15) is 10.2 Å². The SMILES string of the molecule is CSC(CCCC=C(c1cc(Cl)c(C)c(C(SC)(SC)SC)c1)c1cc(Cl)c(C)c(C(SC)(SC)SC)c1)(SC)SC. The molecule has 0 nitrogen and oxygen atoms in total. The van der Waals surface area contributed by atoms with Crippen LogP contribution in [0.25, 0.3) is 5.57 Å². The molecule has 0 saturated heterocycles. The van der Waals surface area contributed by atoms with Gasteiger partial charge in [-0.1, -0.05) is 29.3 Å². The summed E-state index contributed by atoms with van der Waals surface area (Å²) in [5.41, 5.74) is 8.37. The molecule has 0 atom stereocenters. The van der Waals surface area contributed by atoms with Crippen LogP contribution >= 0.6 is 129 Å². The fraction of sp³-hybridized carbons (Fsp3) is 0.548. The first-order chi connectivity index (χ1) is 20.0. The lowest BCUT2D eigenvalue weighted by Crippen LogP contribution is -2.15. The van der Waals surface area contributed by atoms with Gasteiger partial charge in [0.25, 0.3) is 0 Å². The minimum atomic E-state index is -0.134. The third kappa shape index (κ3) is 8.87. The smallest absolute Gasteiger partial charge is 0.132 e. The van der Waals surface area contributed by atoms with Crippen LogP contribution in [0.4, 0.5) is 0 Å². The predicted molar refractivity (Wildman–Crippen MR) is 221 cm³/mol. The van der Waals surface area contributed by atoms with Crippen molar-refractivity contribution >= 4 is 135 Å². The molecule has 0 N–H and O–H groups in total. The van der Waals surface area contributed by atoms with Crippen LogP contribution < -0.4 is 0 Å². The standard InChI is InChI=1S/C31H44Cl2S9/c1-20-25(30(37-6,38-7)39-8)16-22(18-27(20)32)24(14-12-13-15-29(34-3,35-4)36-5)23-17-26(21(2)28(33)19-23)31(40-9,41-10)42-11/h14,16-19H,12-13,15H2,1-11H3. The molecule has 0 aromatic heterocycles. The minimum absolute atomic E-state index is 0.134. The summed E-state index contributed by atoms with van der Waals surface area (Å²) in [6.45, 7) is 4.30. The lowest BCUT2D eigenvalue weighted by molar-refractivity contribution is 0.785. The van der Waals surface area contributed by atoms with Gasteiger partial charge in [0, 0.05) is 10.0 Å². The van der Waals surface area contributed by atoms with E-state index in [1.165, 1.54) is 16.7 Å². The minimum Gasteiger partial charge on any atom is -0.137 e. The molecule has 0 fully saturated rings. The predicted octanol–water partition coefficient (Wildman–Crippen LogP) is 13.4. The van der Waals surface area contributed by atoms with Crippen LogP contribution in [0.1, 0.15) is 52.6 Å². The highest BCUT2D eigenvalue weighted by molar-refractivity contribution is 8.33. The Morgan fingerprint density at radius 3 is 1.26 bits per heavy atom. The summed E-state index contributed by atoms with van der Waals surface area (Å²) < 4.78 is -0.0749. The molecule has 0 aliphatic rings. The Kier molecular flexibility index (Phi) is 17.6. The first-order valence-electron chi connectivity index (χ1n) is 13.2. The molecule has 2 rings (SSSR count).